The largest absolute Gasteiger partial charge is 0.491 e. The quantitative estimate of drug-likeness (QED) is 0.940. The Balaban J connectivity index is 1.80. The number of amides is 2. The first kappa shape index (κ1) is 15.9. The van der Waals surface area contributed by atoms with Crippen molar-refractivity contribution in [3.8, 4) is 5.75 Å². The van der Waals surface area contributed by atoms with Gasteiger partial charge in [0, 0.05) is 6.07 Å². The summed E-state index contributed by atoms with van der Waals surface area (Å²) < 4.78 is 32.3. The van der Waals surface area contributed by atoms with Crippen LogP contribution in [-0.2, 0) is 9.59 Å². The second-order valence-electron chi connectivity index (χ2n) is 5.22. The summed E-state index contributed by atoms with van der Waals surface area (Å²) in [4.78, 5) is 25.7. The molecule has 2 aromatic rings. The summed E-state index contributed by atoms with van der Waals surface area (Å²) in [5.74, 6) is -1.85. The van der Waals surface area contributed by atoms with Gasteiger partial charge in [-0.3, -0.25) is 14.5 Å². The molecule has 0 saturated carbocycles. The molecule has 0 bridgehead atoms. The van der Waals surface area contributed by atoms with E-state index in [2.05, 4.69) is 5.32 Å². The lowest BCUT2D eigenvalue weighted by Gasteiger charge is -2.21. The van der Waals surface area contributed by atoms with Crippen LogP contribution in [0.3, 0.4) is 0 Å². The van der Waals surface area contributed by atoms with Crippen molar-refractivity contribution >= 4 is 23.2 Å². The number of anilines is 2. The minimum atomic E-state index is -0.754. The van der Waals surface area contributed by atoms with Gasteiger partial charge in [0.05, 0.1) is 24.4 Å². The van der Waals surface area contributed by atoms with Gasteiger partial charge in [-0.15, -0.1) is 0 Å². The third-order valence-corrected chi connectivity index (χ3v) is 3.53. The number of fused-ring (bicyclic) bond motifs is 1. The average Bonchev–Trinajstić information content (AvgIpc) is 2.71. The molecule has 1 aliphatic rings. The van der Waals surface area contributed by atoms with Crippen LogP contribution in [0.5, 0.6) is 5.75 Å². The number of rotatable bonds is 3. The molecule has 0 radical (unpaired) electrons. The minimum absolute atomic E-state index is 0.121. The first-order valence-corrected chi connectivity index (χ1v) is 7.31. The van der Waals surface area contributed by atoms with Gasteiger partial charge in [-0.25, -0.2) is 8.78 Å². The van der Waals surface area contributed by atoms with Crippen LogP contribution in [0, 0.1) is 11.6 Å². The van der Waals surface area contributed by atoms with E-state index in [9.17, 15) is 18.4 Å². The SMILES string of the molecule is O=C(CN1C(=O)CCOc2ccccc21)Nc1cc(F)ccc1F. The topological polar surface area (TPSA) is 58.6 Å². The minimum Gasteiger partial charge on any atom is -0.491 e. The molecular weight excluding hydrogens is 318 g/mol. The van der Waals surface area contributed by atoms with E-state index in [1.807, 2.05) is 0 Å². The highest BCUT2D eigenvalue weighted by Gasteiger charge is 2.25. The summed E-state index contributed by atoms with van der Waals surface area (Å²) in [5, 5.41) is 2.28. The molecule has 24 heavy (non-hydrogen) atoms. The Labute approximate surface area is 136 Å². The molecule has 0 aliphatic carbocycles. The van der Waals surface area contributed by atoms with E-state index in [1.165, 1.54) is 4.90 Å². The fraction of sp³-hybridized carbons (Fsp3) is 0.176. The maximum atomic E-state index is 13.6. The number of nitrogens with one attached hydrogen (secondary N) is 1. The fourth-order valence-electron chi connectivity index (χ4n) is 2.42. The Morgan fingerprint density at radius 1 is 1.21 bits per heavy atom. The van der Waals surface area contributed by atoms with Gasteiger partial charge in [0.25, 0.3) is 0 Å². The highest BCUT2D eigenvalue weighted by Crippen LogP contribution is 2.30. The van der Waals surface area contributed by atoms with E-state index in [4.69, 9.17) is 4.74 Å². The van der Waals surface area contributed by atoms with E-state index >= 15 is 0 Å². The van der Waals surface area contributed by atoms with Gasteiger partial charge < -0.3 is 10.1 Å². The summed E-state index contributed by atoms with van der Waals surface area (Å²) in [6.45, 7) is -0.109. The van der Waals surface area contributed by atoms with Gasteiger partial charge in [-0.2, -0.15) is 0 Å². The zero-order chi connectivity index (χ0) is 17.1. The monoisotopic (exact) mass is 332 g/mol. The van der Waals surface area contributed by atoms with E-state index in [0.717, 1.165) is 18.2 Å². The van der Waals surface area contributed by atoms with E-state index in [1.54, 1.807) is 24.3 Å². The Morgan fingerprint density at radius 2 is 2.00 bits per heavy atom. The molecule has 5 nitrogen and oxygen atoms in total. The highest BCUT2D eigenvalue weighted by atomic mass is 19.1. The van der Waals surface area contributed by atoms with Crippen molar-refractivity contribution in [1.29, 1.82) is 0 Å². The van der Waals surface area contributed by atoms with Gasteiger partial charge >= 0.3 is 0 Å². The Morgan fingerprint density at radius 3 is 2.83 bits per heavy atom. The summed E-state index contributed by atoms with van der Waals surface area (Å²) in [7, 11) is 0. The van der Waals surface area contributed by atoms with Crippen molar-refractivity contribution in [1.82, 2.24) is 0 Å². The third kappa shape index (κ3) is 3.34. The van der Waals surface area contributed by atoms with Crippen LogP contribution < -0.4 is 15.0 Å². The summed E-state index contributed by atoms with van der Waals surface area (Å²) in [5.41, 5.74) is 0.196. The molecule has 0 unspecified atom stereocenters. The van der Waals surface area contributed by atoms with Crippen LogP contribution in [0.25, 0.3) is 0 Å². The van der Waals surface area contributed by atoms with Crippen LogP contribution in [-0.4, -0.2) is 25.0 Å². The molecule has 2 aromatic carbocycles. The van der Waals surface area contributed by atoms with Crippen molar-refractivity contribution in [3.63, 3.8) is 0 Å². The molecule has 7 heteroatoms. The molecule has 0 fully saturated rings. The molecular formula is C17H14F2N2O3. The molecule has 2 amide bonds. The summed E-state index contributed by atoms with van der Waals surface area (Å²) >= 11 is 0. The van der Waals surface area contributed by atoms with Crippen molar-refractivity contribution in [3.05, 3.63) is 54.1 Å². The van der Waals surface area contributed by atoms with Crippen molar-refractivity contribution < 1.29 is 23.1 Å². The molecule has 0 spiro atoms. The number of benzene rings is 2. The molecule has 124 valence electrons. The third-order valence-electron chi connectivity index (χ3n) is 3.53. The molecule has 1 N–H and O–H groups in total. The van der Waals surface area contributed by atoms with E-state index in [0.29, 0.717) is 11.4 Å². The molecule has 0 saturated heterocycles. The number of para-hydroxylation sites is 2. The lowest BCUT2D eigenvalue weighted by atomic mass is 10.2. The van der Waals surface area contributed by atoms with Gasteiger partial charge in [-0.1, -0.05) is 12.1 Å². The standard InChI is InChI=1S/C17H14F2N2O3/c18-11-5-6-12(19)13(9-11)20-16(22)10-21-14-3-1-2-4-15(14)24-8-7-17(21)23/h1-6,9H,7-8,10H2,(H,20,22). The maximum absolute atomic E-state index is 13.6. The Kier molecular flexibility index (Phi) is 4.41. The molecule has 3 rings (SSSR count). The second kappa shape index (κ2) is 6.66. The van der Waals surface area contributed by atoms with Crippen molar-refractivity contribution in [2.45, 2.75) is 6.42 Å². The molecule has 0 atom stereocenters. The molecule has 1 aliphatic heterocycles. The van der Waals surface area contributed by atoms with Crippen molar-refractivity contribution in [2.75, 3.05) is 23.4 Å². The second-order valence-corrected chi connectivity index (χ2v) is 5.22. The number of carbonyl (C=O) groups is 2. The highest BCUT2D eigenvalue weighted by molar-refractivity contribution is 6.03. The van der Waals surface area contributed by atoms with Crippen molar-refractivity contribution in [2.24, 2.45) is 0 Å². The zero-order valence-corrected chi connectivity index (χ0v) is 12.6. The van der Waals surface area contributed by atoms with E-state index < -0.39 is 17.5 Å². The van der Waals surface area contributed by atoms with E-state index in [-0.39, 0.29) is 31.2 Å². The number of carbonyl (C=O) groups excluding carboxylic acids is 2. The van der Waals surface area contributed by atoms with Gasteiger partial charge in [-0.05, 0) is 24.3 Å². The predicted octanol–water partition coefficient (Wildman–Crippen LogP) is 2.72. The number of ether oxygens (including phenoxy) is 1. The Hall–Kier alpha value is -2.96. The Bertz CT molecular complexity index is 795. The van der Waals surface area contributed by atoms with Crippen LogP contribution >= 0.6 is 0 Å². The van der Waals surface area contributed by atoms with Gasteiger partial charge in [0.2, 0.25) is 11.8 Å². The van der Waals surface area contributed by atoms with Gasteiger partial charge in [0.15, 0.2) is 0 Å². The lowest BCUT2D eigenvalue weighted by Crippen LogP contribution is -2.37. The lowest BCUT2D eigenvalue weighted by molar-refractivity contribution is -0.121. The van der Waals surface area contributed by atoms with Crippen LogP contribution in [0.15, 0.2) is 42.5 Å². The number of nitrogens with zero attached hydrogens (tertiary/aromatic N) is 1. The first-order chi connectivity index (χ1) is 11.5. The fourth-order valence-corrected chi connectivity index (χ4v) is 2.42. The number of hydrogen-bond acceptors (Lipinski definition) is 3. The van der Waals surface area contributed by atoms with Crippen LogP contribution in [0.2, 0.25) is 0 Å². The molecule has 1 heterocycles. The predicted molar refractivity (Wildman–Crippen MR) is 83.9 cm³/mol. The zero-order valence-electron chi connectivity index (χ0n) is 12.6. The number of halogens is 2. The summed E-state index contributed by atoms with van der Waals surface area (Å²) in [6.07, 6.45) is 0.121. The number of hydrogen-bond donors (Lipinski definition) is 1. The molecule has 0 aromatic heterocycles. The van der Waals surface area contributed by atoms with Crippen LogP contribution in [0.1, 0.15) is 6.42 Å². The maximum Gasteiger partial charge on any atom is 0.244 e. The average molecular weight is 332 g/mol. The first-order valence-electron chi connectivity index (χ1n) is 7.31. The summed E-state index contributed by atoms with van der Waals surface area (Å²) in [6, 6.07) is 9.60. The van der Waals surface area contributed by atoms with Crippen LogP contribution in [0.4, 0.5) is 20.2 Å². The smallest absolute Gasteiger partial charge is 0.244 e. The van der Waals surface area contributed by atoms with Gasteiger partial charge in [0.1, 0.15) is 23.9 Å². The normalized spacial score (nSPS) is 13.8.